The number of rotatable bonds is 4. The van der Waals surface area contributed by atoms with Gasteiger partial charge < -0.3 is 20.1 Å². The second-order valence-corrected chi connectivity index (χ2v) is 4.83. The number of aliphatic carboxylic acids is 1. The van der Waals surface area contributed by atoms with Gasteiger partial charge in [0, 0.05) is 26.2 Å². The molecule has 2 N–H and O–H groups in total. The molecule has 1 saturated heterocycles. The lowest BCUT2D eigenvalue weighted by Crippen LogP contribution is -2.51. The summed E-state index contributed by atoms with van der Waals surface area (Å²) in [5.74, 6) is -1.10. The second-order valence-electron chi connectivity index (χ2n) is 4.83. The van der Waals surface area contributed by atoms with Gasteiger partial charge in [0.2, 0.25) is 0 Å². The minimum Gasteiger partial charge on any atom is -0.481 e. The summed E-state index contributed by atoms with van der Waals surface area (Å²) in [5.41, 5.74) is 0. The molecule has 104 valence electrons. The molecule has 1 heterocycles. The third kappa shape index (κ3) is 3.87. The molecule has 6 nitrogen and oxygen atoms in total. The van der Waals surface area contributed by atoms with E-state index in [0.29, 0.717) is 25.9 Å². The van der Waals surface area contributed by atoms with Gasteiger partial charge in [0.25, 0.3) is 0 Å². The molecule has 1 aliphatic rings. The van der Waals surface area contributed by atoms with Gasteiger partial charge in [0.15, 0.2) is 0 Å². The fraction of sp³-hybridized carbons (Fsp3) is 0.833. The molecule has 1 aliphatic heterocycles. The van der Waals surface area contributed by atoms with Gasteiger partial charge in [-0.05, 0) is 26.7 Å². The molecular weight excluding hydrogens is 236 g/mol. The van der Waals surface area contributed by atoms with E-state index in [1.54, 1.807) is 12.0 Å². The molecule has 0 aliphatic carbocycles. The van der Waals surface area contributed by atoms with Gasteiger partial charge in [-0.2, -0.15) is 0 Å². The molecule has 0 aromatic rings. The van der Waals surface area contributed by atoms with Crippen molar-refractivity contribution in [2.45, 2.75) is 38.8 Å². The third-order valence-corrected chi connectivity index (χ3v) is 3.43. The Morgan fingerprint density at radius 2 is 2.22 bits per heavy atom. The maximum Gasteiger partial charge on any atom is 0.317 e. The molecule has 0 aromatic heterocycles. The van der Waals surface area contributed by atoms with E-state index in [2.05, 4.69) is 5.32 Å². The van der Waals surface area contributed by atoms with Crippen LogP contribution >= 0.6 is 0 Å². The number of carbonyl (C=O) groups is 2. The van der Waals surface area contributed by atoms with Crippen molar-refractivity contribution in [3.05, 3.63) is 0 Å². The van der Waals surface area contributed by atoms with Gasteiger partial charge in [0.1, 0.15) is 0 Å². The van der Waals surface area contributed by atoms with Gasteiger partial charge in [-0.3, -0.25) is 4.79 Å². The van der Waals surface area contributed by atoms with E-state index >= 15 is 0 Å². The van der Waals surface area contributed by atoms with Crippen molar-refractivity contribution < 1.29 is 19.4 Å². The van der Waals surface area contributed by atoms with E-state index in [9.17, 15) is 9.59 Å². The first-order valence-corrected chi connectivity index (χ1v) is 6.25. The lowest BCUT2D eigenvalue weighted by atomic mass is 9.92. The van der Waals surface area contributed by atoms with Crippen LogP contribution in [0.15, 0.2) is 0 Å². The van der Waals surface area contributed by atoms with Gasteiger partial charge in [0.05, 0.1) is 12.0 Å². The van der Waals surface area contributed by atoms with E-state index in [0.717, 1.165) is 0 Å². The van der Waals surface area contributed by atoms with E-state index in [-0.39, 0.29) is 24.1 Å². The summed E-state index contributed by atoms with van der Waals surface area (Å²) in [6.07, 6.45) is 1.01. The van der Waals surface area contributed by atoms with Crippen LogP contribution in [-0.4, -0.2) is 54.4 Å². The number of nitrogens with zero attached hydrogens (tertiary/aromatic N) is 1. The first-order chi connectivity index (χ1) is 8.45. The molecule has 3 atom stereocenters. The highest BCUT2D eigenvalue weighted by molar-refractivity contribution is 5.75. The Labute approximate surface area is 107 Å². The van der Waals surface area contributed by atoms with E-state index < -0.39 is 5.97 Å². The number of piperidine rings is 1. The first-order valence-electron chi connectivity index (χ1n) is 6.25. The van der Waals surface area contributed by atoms with Crippen LogP contribution in [0.2, 0.25) is 0 Å². The van der Waals surface area contributed by atoms with Crippen molar-refractivity contribution in [1.29, 1.82) is 0 Å². The summed E-state index contributed by atoms with van der Waals surface area (Å²) < 4.78 is 5.05. The lowest BCUT2D eigenvalue weighted by Gasteiger charge is -2.36. The van der Waals surface area contributed by atoms with Gasteiger partial charge in [-0.15, -0.1) is 0 Å². The maximum atomic E-state index is 11.9. The number of amides is 2. The average Bonchev–Trinajstić information content (AvgIpc) is 2.35. The SMILES string of the molecule is COC(C)CNC(=O)N1CCC(C(=O)O)CC1C. The topological polar surface area (TPSA) is 78.9 Å². The average molecular weight is 258 g/mol. The number of likely N-dealkylation sites (tertiary alicyclic amines) is 1. The zero-order valence-corrected chi connectivity index (χ0v) is 11.2. The minimum absolute atomic E-state index is 0.0270. The van der Waals surface area contributed by atoms with Crippen molar-refractivity contribution in [3.8, 4) is 0 Å². The summed E-state index contributed by atoms with van der Waals surface area (Å²) in [4.78, 5) is 24.5. The van der Waals surface area contributed by atoms with E-state index in [1.807, 2.05) is 13.8 Å². The molecule has 0 aromatic carbocycles. The number of carbonyl (C=O) groups excluding carboxylic acids is 1. The fourth-order valence-electron chi connectivity index (χ4n) is 2.11. The first kappa shape index (κ1) is 14.8. The van der Waals surface area contributed by atoms with Crippen LogP contribution in [0.1, 0.15) is 26.7 Å². The molecule has 0 radical (unpaired) electrons. The normalized spacial score (nSPS) is 25.6. The van der Waals surface area contributed by atoms with Crippen LogP contribution < -0.4 is 5.32 Å². The Balaban J connectivity index is 2.43. The monoisotopic (exact) mass is 258 g/mol. The predicted octanol–water partition coefficient (Wildman–Crippen LogP) is 0.916. The smallest absolute Gasteiger partial charge is 0.317 e. The van der Waals surface area contributed by atoms with Crippen LogP contribution in [0.5, 0.6) is 0 Å². The lowest BCUT2D eigenvalue weighted by molar-refractivity contribution is -0.143. The van der Waals surface area contributed by atoms with Crippen molar-refractivity contribution >= 4 is 12.0 Å². The Bertz CT molecular complexity index is 308. The largest absolute Gasteiger partial charge is 0.481 e. The highest BCUT2D eigenvalue weighted by atomic mass is 16.5. The Kier molecular flexibility index (Phi) is 5.40. The molecule has 1 rings (SSSR count). The van der Waals surface area contributed by atoms with Gasteiger partial charge >= 0.3 is 12.0 Å². The Morgan fingerprint density at radius 3 is 2.72 bits per heavy atom. The minimum atomic E-state index is -0.769. The highest BCUT2D eigenvalue weighted by Gasteiger charge is 2.32. The third-order valence-electron chi connectivity index (χ3n) is 3.43. The number of nitrogens with one attached hydrogen (secondary N) is 1. The standard InChI is InChI=1S/C12H22N2O4/c1-8-6-10(11(15)16)4-5-14(8)12(17)13-7-9(2)18-3/h8-10H,4-7H2,1-3H3,(H,13,17)(H,15,16). The number of urea groups is 1. The van der Waals surface area contributed by atoms with Gasteiger partial charge in [-0.25, -0.2) is 4.79 Å². The van der Waals surface area contributed by atoms with Crippen molar-refractivity contribution in [2.75, 3.05) is 20.2 Å². The molecule has 0 spiro atoms. The van der Waals surface area contributed by atoms with E-state index in [1.165, 1.54) is 0 Å². The summed E-state index contributed by atoms with van der Waals surface area (Å²) >= 11 is 0. The Morgan fingerprint density at radius 1 is 1.56 bits per heavy atom. The Hall–Kier alpha value is -1.30. The molecule has 1 fully saturated rings. The number of hydrogen-bond donors (Lipinski definition) is 2. The fourth-order valence-corrected chi connectivity index (χ4v) is 2.11. The predicted molar refractivity (Wildman–Crippen MR) is 66.4 cm³/mol. The summed E-state index contributed by atoms with van der Waals surface area (Å²) in [7, 11) is 1.60. The van der Waals surface area contributed by atoms with Crippen LogP contribution in [0, 0.1) is 5.92 Å². The van der Waals surface area contributed by atoms with Crippen LogP contribution in [0.4, 0.5) is 4.79 Å². The molecular formula is C12H22N2O4. The number of carboxylic acids is 1. The quantitative estimate of drug-likeness (QED) is 0.785. The molecule has 6 heteroatoms. The van der Waals surface area contributed by atoms with E-state index in [4.69, 9.17) is 9.84 Å². The van der Waals surface area contributed by atoms with Crippen LogP contribution in [0.3, 0.4) is 0 Å². The molecule has 3 unspecified atom stereocenters. The molecule has 0 bridgehead atoms. The summed E-state index contributed by atoms with van der Waals surface area (Å²) in [6, 6.07) is -0.187. The summed E-state index contributed by atoms with van der Waals surface area (Å²) in [6.45, 7) is 4.71. The molecule has 2 amide bonds. The highest BCUT2D eigenvalue weighted by Crippen LogP contribution is 2.22. The number of methoxy groups -OCH3 is 1. The number of hydrogen-bond acceptors (Lipinski definition) is 3. The van der Waals surface area contributed by atoms with Crippen molar-refractivity contribution in [3.63, 3.8) is 0 Å². The number of carboxylic acid groups (broad SMARTS) is 1. The molecule has 18 heavy (non-hydrogen) atoms. The van der Waals surface area contributed by atoms with Crippen LogP contribution in [0.25, 0.3) is 0 Å². The molecule has 0 saturated carbocycles. The summed E-state index contributed by atoms with van der Waals surface area (Å²) in [5, 5.41) is 11.7. The zero-order valence-electron chi connectivity index (χ0n) is 11.2. The number of ether oxygens (including phenoxy) is 1. The second kappa shape index (κ2) is 6.58. The van der Waals surface area contributed by atoms with Crippen molar-refractivity contribution in [1.82, 2.24) is 10.2 Å². The van der Waals surface area contributed by atoms with Crippen LogP contribution in [-0.2, 0) is 9.53 Å². The van der Waals surface area contributed by atoms with Gasteiger partial charge in [-0.1, -0.05) is 0 Å². The van der Waals surface area contributed by atoms with Crippen molar-refractivity contribution in [2.24, 2.45) is 5.92 Å². The zero-order chi connectivity index (χ0) is 13.7. The maximum absolute atomic E-state index is 11.9.